The number of methoxy groups -OCH3 is 1. The third-order valence-electron chi connectivity index (χ3n) is 2.75. The van der Waals surface area contributed by atoms with Crippen LogP contribution in [0.25, 0.3) is 0 Å². The maximum atomic E-state index is 13.4. The van der Waals surface area contributed by atoms with Crippen LogP contribution in [0.5, 0.6) is 11.5 Å². The second-order valence-electron chi connectivity index (χ2n) is 4.11. The number of benzene rings is 2. The summed E-state index contributed by atoms with van der Waals surface area (Å²) in [4.78, 5) is 12.0. The van der Waals surface area contributed by atoms with E-state index >= 15 is 0 Å². The summed E-state index contributed by atoms with van der Waals surface area (Å²) in [6, 6.07) is 8.31. The zero-order chi connectivity index (χ0) is 15.4. The highest BCUT2D eigenvalue weighted by atomic mass is 79.9. The minimum absolute atomic E-state index is 0.295. The van der Waals surface area contributed by atoms with E-state index in [1.165, 1.54) is 19.2 Å². The monoisotopic (exact) mass is 356 g/mol. The van der Waals surface area contributed by atoms with Crippen LogP contribution in [0, 0.1) is 11.6 Å². The molecule has 0 aromatic heterocycles. The van der Waals surface area contributed by atoms with E-state index < -0.39 is 11.6 Å². The van der Waals surface area contributed by atoms with Gasteiger partial charge < -0.3 is 9.47 Å². The number of halogens is 3. The number of ether oxygens (including phenoxy) is 2. The minimum Gasteiger partial charge on any atom is -0.496 e. The van der Waals surface area contributed by atoms with Crippen molar-refractivity contribution in [2.75, 3.05) is 13.7 Å². The van der Waals surface area contributed by atoms with Crippen molar-refractivity contribution in [2.24, 2.45) is 0 Å². The van der Waals surface area contributed by atoms with Gasteiger partial charge in [0, 0.05) is 5.56 Å². The molecule has 0 saturated carbocycles. The summed E-state index contributed by atoms with van der Waals surface area (Å²) in [5, 5.41) is 0. The van der Waals surface area contributed by atoms with Gasteiger partial charge in [0.2, 0.25) is 5.82 Å². The summed E-state index contributed by atoms with van der Waals surface area (Å²) in [5.41, 5.74) is 0.375. The minimum atomic E-state index is -1.11. The zero-order valence-corrected chi connectivity index (χ0v) is 12.6. The molecule has 110 valence electrons. The summed E-state index contributed by atoms with van der Waals surface area (Å²) in [7, 11) is 1.51. The van der Waals surface area contributed by atoms with Crippen molar-refractivity contribution < 1.29 is 23.0 Å². The van der Waals surface area contributed by atoms with Gasteiger partial charge in [-0.05, 0) is 46.3 Å². The predicted octanol–water partition coefficient (Wildman–Crippen LogP) is 4.00. The molecule has 6 heteroatoms. The first-order valence-corrected chi connectivity index (χ1v) is 6.75. The lowest BCUT2D eigenvalue weighted by atomic mass is 10.1. The Morgan fingerprint density at radius 2 is 1.95 bits per heavy atom. The summed E-state index contributed by atoms with van der Waals surface area (Å²) in [6.45, 7) is -0.390. The number of ketones is 1. The molecule has 0 atom stereocenters. The van der Waals surface area contributed by atoms with Crippen molar-refractivity contribution in [3.8, 4) is 11.5 Å². The van der Waals surface area contributed by atoms with Gasteiger partial charge in [-0.2, -0.15) is 4.39 Å². The summed E-state index contributed by atoms with van der Waals surface area (Å²) < 4.78 is 37.1. The van der Waals surface area contributed by atoms with E-state index in [-0.39, 0.29) is 18.1 Å². The molecule has 0 aliphatic rings. The van der Waals surface area contributed by atoms with Gasteiger partial charge in [-0.1, -0.05) is 6.07 Å². The number of carbonyl (C=O) groups excluding carboxylic acids is 1. The second kappa shape index (κ2) is 6.67. The van der Waals surface area contributed by atoms with Crippen LogP contribution >= 0.6 is 15.9 Å². The maximum Gasteiger partial charge on any atom is 0.200 e. The van der Waals surface area contributed by atoms with Gasteiger partial charge >= 0.3 is 0 Å². The topological polar surface area (TPSA) is 35.5 Å². The number of Topliss-reactive ketones (excluding diaryl/α,β-unsaturated/α-hetero) is 1. The second-order valence-corrected chi connectivity index (χ2v) is 4.97. The van der Waals surface area contributed by atoms with E-state index in [1.807, 2.05) is 0 Å². The van der Waals surface area contributed by atoms with Gasteiger partial charge in [0.1, 0.15) is 5.75 Å². The zero-order valence-electron chi connectivity index (χ0n) is 11.0. The molecular weight excluding hydrogens is 346 g/mol. The Morgan fingerprint density at radius 1 is 1.19 bits per heavy atom. The van der Waals surface area contributed by atoms with E-state index in [2.05, 4.69) is 15.9 Å². The summed E-state index contributed by atoms with van der Waals surface area (Å²) in [6.07, 6.45) is 0. The first-order chi connectivity index (χ1) is 10.0. The molecule has 2 aromatic rings. The van der Waals surface area contributed by atoms with E-state index in [0.29, 0.717) is 15.8 Å². The van der Waals surface area contributed by atoms with Crippen molar-refractivity contribution in [3.63, 3.8) is 0 Å². The first kappa shape index (κ1) is 15.4. The average Bonchev–Trinajstić information content (AvgIpc) is 2.48. The van der Waals surface area contributed by atoms with Crippen LogP contribution in [-0.4, -0.2) is 19.5 Å². The average molecular weight is 357 g/mol. The molecule has 0 bridgehead atoms. The summed E-state index contributed by atoms with van der Waals surface area (Å²) in [5.74, 6) is -2.20. The predicted molar refractivity (Wildman–Crippen MR) is 76.9 cm³/mol. The molecule has 0 unspecified atom stereocenters. The fourth-order valence-corrected chi connectivity index (χ4v) is 2.20. The fraction of sp³-hybridized carbons (Fsp3) is 0.133. The van der Waals surface area contributed by atoms with Crippen LogP contribution in [0.15, 0.2) is 40.9 Å². The van der Waals surface area contributed by atoms with Gasteiger partial charge in [0.25, 0.3) is 0 Å². The van der Waals surface area contributed by atoms with Crippen molar-refractivity contribution >= 4 is 21.7 Å². The molecule has 0 heterocycles. The van der Waals surface area contributed by atoms with Crippen LogP contribution in [0.4, 0.5) is 8.78 Å². The molecule has 0 radical (unpaired) electrons. The lowest BCUT2D eigenvalue weighted by Gasteiger charge is -2.08. The molecular formula is C15H11BrF2O3. The molecule has 0 spiro atoms. The number of carbonyl (C=O) groups is 1. The lowest BCUT2D eigenvalue weighted by Crippen LogP contribution is -2.12. The quantitative estimate of drug-likeness (QED) is 0.759. The van der Waals surface area contributed by atoms with Crippen LogP contribution in [0.1, 0.15) is 10.4 Å². The van der Waals surface area contributed by atoms with Crippen LogP contribution in [0.3, 0.4) is 0 Å². The van der Waals surface area contributed by atoms with Gasteiger partial charge in [0.15, 0.2) is 24.0 Å². The van der Waals surface area contributed by atoms with Crippen molar-refractivity contribution in [2.45, 2.75) is 0 Å². The normalized spacial score (nSPS) is 10.3. The molecule has 3 nitrogen and oxygen atoms in total. The fourth-order valence-electron chi connectivity index (χ4n) is 1.66. The molecule has 21 heavy (non-hydrogen) atoms. The molecule has 2 rings (SSSR count). The molecule has 0 N–H and O–H groups in total. The molecule has 0 amide bonds. The van der Waals surface area contributed by atoms with Crippen LogP contribution < -0.4 is 9.47 Å². The Morgan fingerprint density at radius 3 is 2.62 bits per heavy atom. The highest BCUT2D eigenvalue weighted by Crippen LogP contribution is 2.26. The molecule has 0 fully saturated rings. The number of hydrogen-bond acceptors (Lipinski definition) is 3. The Hall–Kier alpha value is -1.95. The third kappa shape index (κ3) is 3.58. The number of rotatable bonds is 5. The van der Waals surface area contributed by atoms with Crippen LogP contribution in [-0.2, 0) is 0 Å². The van der Waals surface area contributed by atoms with E-state index in [0.717, 1.165) is 6.07 Å². The Labute approximate surface area is 128 Å². The van der Waals surface area contributed by atoms with Gasteiger partial charge in [-0.3, -0.25) is 4.79 Å². The van der Waals surface area contributed by atoms with Gasteiger partial charge in [0.05, 0.1) is 11.6 Å². The van der Waals surface area contributed by atoms with Gasteiger partial charge in [-0.15, -0.1) is 0 Å². The molecule has 0 saturated heterocycles. The smallest absolute Gasteiger partial charge is 0.200 e. The highest BCUT2D eigenvalue weighted by Gasteiger charge is 2.13. The Kier molecular flexibility index (Phi) is 4.90. The SMILES string of the molecule is COc1ccc(C(=O)COc2cccc(F)c2F)cc1Br. The molecule has 2 aromatic carbocycles. The molecule has 0 aliphatic heterocycles. The van der Waals surface area contributed by atoms with Gasteiger partial charge in [-0.25, -0.2) is 4.39 Å². The van der Waals surface area contributed by atoms with Crippen molar-refractivity contribution in [1.82, 2.24) is 0 Å². The Bertz CT molecular complexity index is 674. The van der Waals surface area contributed by atoms with Crippen LogP contribution in [0.2, 0.25) is 0 Å². The van der Waals surface area contributed by atoms with Crippen molar-refractivity contribution in [1.29, 1.82) is 0 Å². The largest absolute Gasteiger partial charge is 0.496 e. The highest BCUT2D eigenvalue weighted by molar-refractivity contribution is 9.10. The third-order valence-corrected chi connectivity index (χ3v) is 3.37. The van der Waals surface area contributed by atoms with E-state index in [1.54, 1.807) is 18.2 Å². The molecule has 0 aliphatic carbocycles. The maximum absolute atomic E-state index is 13.4. The first-order valence-electron chi connectivity index (χ1n) is 5.96. The van der Waals surface area contributed by atoms with E-state index in [9.17, 15) is 13.6 Å². The Balaban J connectivity index is 2.08. The number of hydrogen-bond donors (Lipinski definition) is 0. The van der Waals surface area contributed by atoms with Crippen molar-refractivity contribution in [3.05, 3.63) is 58.1 Å². The lowest BCUT2D eigenvalue weighted by molar-refractivity contribution is 0.0918. The summed E-state index contributed by atoms with van der Waals surface area (Å²) >= 11 is 3.27. The standard InChI is InChI=1S/C15H11BrF2O3/c1-20-13-6-5-9(7-10(13)16)12(19)8-21-14-4-2-3-11(17)15(14)18/h2-7H,8H2,1H3. The van der Waals surface area contributed by atoms with E-state index in [4.69, 9.17) is 9.47 Å².